The summed E-state index contributed by atoms with van der Waals surface area (Å²) in [5, 5.41) is 0. The lowest BCUT2D eigenvalue weighted by atomic mass is 10.2. The van der Waals surface area contributed by atoms with Gasteiger partial charge in [-0.3, -0.25) is 4.90 Å². The number of benzene rings is 1. The summed E-state index contributed by atoms with van der Waals surface area (Å²) in [5.74, 6) is 0.340. The second kappa shape index (κ2) is 6.25. The second-order valence-corrected chi connectivity index (χ2v) is 4.40. The zero-order valence-electron chi connectivity index (χ0n) is 10.6. The molecule has 94 valence electrons. The van der Waals surface area contributed by atoms with E-state index < -0.39 is 0 Å². The molecule has 0 aliphatic rings. The maximum absolute atomic E-state index is 11.7. The zero-order valence-corrected chi connectivity index (χ0v) is 10.6. The summed E-state index contributed by atoms with van der Waals surface area (Å²) < 4.78 is 5.14. The first kappa shape index (κ1) is 13.5. The Hall–Kier alpha value is -1.55. The van der Waals surface area contributed by atoms with Crippen molar-refractivity contribution in [3.63, 3.8) is 0 Å². The number of rotatable bonds is 4. The van der Waals surface area contributed by atoms with Crippen LogP contribution in [-0.2, 0) is 11.3 Å². The van der Waals surface area contributed by atoms with E-state index in [9.17, 15) is 4.79 Å². The predicted octanol–water partition coefficient (Wildman–Crippen LogP) is 2.37. The van der Waals surface area contributed by atoms with Crippen LogP contribution in [0.2, 0.25) is 0 Å². The molecule has 1 aromatic rings. The molecule has 17 heavy (non-hydrogen) atoms. The molecule has 0 saturated carbocycles. The third kappa shape index (κ3) is 4.07. The van der Waals surface area contributed by atoms with Crippen molar-refractivity contribution in [3.05, 3.63) is 29.8 Å². The molecule has 0 atom stereocenters. The summed E-state index contributed by atoms with van der Waals surface area (Å²) in [6, 6.07) is 7.53. The Morgan fingerprint density at radius 2 is 1.94 bits per heavy atom. The van der Waals surface area contributed by atoms with E-state index in [4.69, 9.17) is 10.5 Å². The Balaban J connectivity index is 2.61. The van der Waals surface area contributed by atoms with E-state index in [-0.39, 0.29) is 6.09 Å². The molecule has 2 N–H and O–H groups in total. The highest BCUT2D eigenvalue weighted by Gasteiger charge is 2.12. The summed E-state index contributed by atoms with van der Waals surface area (Å²) in [7, 11) is 1.69. The fourth-order valence-electron chi connectivity index (χ4n) is 1.30. The van der Waals surface area contributed by atoms with Crippen molar-refractivity contribution in [2.45, 2.75) is 20.4 Å². The SMILES string of the molecule is CC(C)COC(=O)N(C)c1ccc(CN)cc1. The molecule has 0 spiro atoms. The predicted molar refractivity (Wildman–Crippen MR) is 68.9 cm³/mol. The van der Waals surface area contributed by atoms with Crippen molar-refractivity contribution in [2.24, 2.45) is 11.7 Å². The standard InChI is InChI=1S/C13H20N2O2/c1-10(2)9-17-13(16)15(3)12-6-4-11(8-14)5-7-12/h4-7,10H,8-9,14H2,1-3H3. The normalized spacial score (nSPS) is 10.4. The van der Waals surface area contributed by atoms with E-state index in [1.807, 2.05) is 38.1 Å². The average molecular weight is 236 g/mol. The van der Waals surface area contributed by atoms with E-state index in [0.29, 0.717) is 19.1 Å². The lowest BCUT2D eigenvalue weighted by Gasteiger charge is -2.18. The Morgan fingerprint density at radius 1 is 1.35 bits per heavy atom. The summed E-state index contributed by atoms with van der Waals surface area (Å²) in [6.07, 6.45) is -0.334. The minimum Gasteiger partial charge on any atom is -0.449 e. The molecule has 0 fully saturated rings. The Labute approximate surface area is 102 Å². The highest BCUT2D eigenvalue weighted by atomic mass is 16.6. The van der Waals surface area contributed by atoms with Crippen LogP contribution in [0.5, 0.6) is 0 Å². The van der Waals surface area contributed by atoms with E-state index in [1.54, 1.807) is 7.05 Å². The lowest BCUT2D eigenvalue weighted by Crippen LogP contribution is -2.28. The van der Waals surface area contributed by atoms with Crippen LogP contribution in [0.25, 0.3) is 0 Å². The number of carbonyl (C=O) groups is 1. The molecule has 0 radical (unpaired) electrons. The fourth-order valence-corrected chi connectivity index (χ4v) is 1.30. The van der Waals surface area contributed by atoms with Gasteiger partial charge >= 0.3 is 6.09 Å². The molecule has 1 amide bonds. The average Bonchev–Trinajstić information content (AvgIpc) is 2.35. The lowest BCUT2D eigenvalue weighted by molar-refractivity contribution is 0.141. The number of amides is 1. The molecular formula is C13H20N2O2. The number of hydrogen-bond donors (Lipinski definition) is 1. The minimum atomic E-state index is -0.334. The van der Waals surface area contributed by atoms with Gasteiger partial charge in [0.25, 0.3) is 0 Å². The van der Waals surface area contributed by atoms with E-state index in [2.05, 4.69) is 0 Å². The summed E-state index contributed by atoms with van der Waals surface area (Å²) >= 11 is 0. The number of hydrogen-bond acceptors (Lipinski definition) is 3. The fraction of sp³-hybridized carbons (Fsp3) is 0.462. The molecular weight excluding hydrogens is 216 g/mol. The molecule has 0 aliphatic heterocycles. The maximum Gasteiger partial charge on any atom is 0.414 e. The molecule has 0 heterocycles. The molecule has 0 bridgehead atoms. The van der Waals surface area contributed by atoms with Crippen molar-refractivity contribution in [1.29, 1.82) is 0 Å². The van der Waals surface area contributed by atoms with Crippen LogP contribution in [0, 0.1) is 5.92 Å². The summed E-state index contributed by atoms with van der Waals surface area (Å²) in [5.41, 5.74) is 7.35. The van der Waals surface area contributed by atoms with Crippen LogP contribution in [0.3, 0.4) is 0 Å². The summed E-state index contributed by atoms with van der Waals surface area (Å²) in [6.45, 7) is 4.94. The Morgan fingerprint density at radius 3 is 2.41 bits per heavy atom. The van der Waals surface area contributed by atoms with Crippen molar-refractivity contribution in [2.75, 3.05) is 18.6 Å². The van der Waals surface area contributed by atoms with Gasteiger partial charge in [-0.15, -0.1) is 0 Å². The molecule has 1 aromatic carbocycles. The topological polar surface area (TPSA) is 55.6 Å². The molecule has 1 rings (SSSR count). The van der Waals surface area contributed by atoms with Gasteiger partial charge in [0.15, 0.2) is 0 Å². The van der Waals surface area contributed by atoms with Gasteiger partial charge in [0.1, 0.15) is 0 Å². The van der Waals surface area contributed by atoms with Crippen LogP contribution in [-0.4, -0.2) is 19.7 Å². The number of ether oxygens (including phenoxy) is 1. The number of anilines is 1. The van der Waals surface area contributed by atoms with Gasteiger partial charge < -0.3 is 10.5 Å². The minimum absolute atomic E-state index is 0.334. The molecule has 0 aliphatic carbocycles. The van der Waals surface area contributed by atoms with Gasteiger partial charge in [0.2, 0.25) is 0 Å². The summed E-state index contributed by atoms with van der Waals surface area (Å²) in [4.78, 5) is 13.2. The van der Waals surface area contributed by atoms with Crippen molar-refractivity contribution in [1.82, 2.24) is 0 Å². The van der Waals surface area contributed by atoms with Crippen molar-refractivity contribution >= 4 is 11.8 Å². The Bertz CT molecular complexity index is 360. The first-order valence-corrected chi connectivity index (χ1v) is 5.74. The molecule has 4 nitrogen and oxygen atoms in total. The van der Waals surface area contributed by atoms with Gasteiger partial charge in [-0.1, -0.05) is 26.0 Å². The van der Waals surface area contributed by atoms with E-state index in [1.165, 1.54) is 4.90 Å². The number of nitrogens with zero attached hydrogens (tertiary/aromatic N) is 1. The maximum atomic E-state index is 11.7. The number of carbonyl (C=O) groups excluding carboxylic acids is 1. The van der Waals surface area contributed by atoms with Gasteiger partial charge in [-0.25, -0.2) is 4.79 Å². The van der Waals surface area contributed by atoms with Gasteiger partial charge in [0.05, 0.1) is 6.61 Å². The van der Waals surface area contributed by atoms with Crippen LogP contribution in [0.15, 0.2) is 24.3 Å². The second-order valence-electron chi connectivity index (χ2n) is 4.40. The smallest absolute Gasteiger partial charge is 0.414 e. The van der Waals surface area contributed by atoms with Crippen LogP contribution >= 0.6 is 0 Å². The van der Waals surface area contributed by atoms with Gasteiger partial charge in [-0.05, 0) is 23.6 Å². The van der Waals surface area contributed by atoms with E-state index in [0.717, 1.165) is 11.3 Å². The van der Waals surface area contributed by atoms with Crippen molar-refractivity contribution in [3.8, 4) is 0 Å². The largest absolute Gasteiger partial charge is 0.449 e. The third-order valence-electron chi connectivity index (χ3n) is 2.37. The van der Waals surface area contributed by atoms with Crippen molar-refractivity contribution < 1.29 is 9.53 Å². The molecule has 4 heteroatoms. The van der Waals surface area contributed by atoms with Crippen LogP contribution < -0.4 is 10.6 Å². The van der Waals surface area contributed by atoms with Gasteiger partial charge in [0, 0.05) is 19.3 Å². The van der Waals surface area contributed by atoms with Crippen LogP contribution in [0.4, 0.5) is 10.5 Å². The highest BCUT2D eigenvalue weighted by molar-refractivity contribution is 5.86. The van der Waals surface area contributed by atoms with Gasteiger partial charge in [-0.2, -0.15) is 0 Å². The Kier molecular flexibility index (Phi) is 4.97. The quantitative estimate of drug-likeness (QED) is 0.873. The third-order valence-corrected chi connectivity index (χ3v) is 2.37. The molecule has 0 unspecified atom stereocenters. The van der Waals surface area contributed by atoms with Crippen LogP contribution in [0.1, 0.15) is 19.4 Å². The highest BCUT2D eigenvalue weighted by Crippen LogP contribution is 2.14. The molecule has 0 saturated heterocycles. The monoisotopic (exact) mass is 236 g/mol. The first-order valence-electron chi connectivity index (χ1n) is 5.74. The number of nitrogens with two attached hydrogens (primary N) is 1. The van der Waals surface area contributed by atoms with E-state index >= 15 is 0 Å². The first-order chi connectivity index (χ1) is 8.04. The zero-order chi connectivity index (χ0) is 12.8. The molecule has 0 aromatic heterocycles.